The zero-order valence-corrected chi connectivity index (χ0v) is 40.3. The molecule has 1 amide bonds. The number of carbonyl (C=O) groups excluding carboxylic acids is 2. The minimum atomic E-state index is -1.58. The van der Waals surface area contributed by atoms with Gasteiger partial charge in [-0.25, -0.2) is 13.6 Å². The van der Waals surface area contributed by atoms with Crippen molar-refractivity contribution >= 4 is 72.3 Å². The number of halogens is 4. The van der Waals surface area contributed by atoms with E-state index < -0.39 is 24.6 Å². The van der Waals surface area contributed by atoms with Gasteiger partial charge in [-0.05, 0) is 111 Å². The average molecular weight is 1000 g/mol. The highest BCUT2D eigenvalue weighted by atomic mass is 79.9. The summed E-state index contributed by atoms with van der Waals surface area (Å²) in [6, 6.07) is 23.6. The van der Waals surface area contributed by atoms with E-state index in [2.05, 4.69) is 42.2 Å². The van der Waals surface area contributed by atoms with Crippen molar-refractivity contribution in [2.24, 2.45) is 16.8 Å². The smallest absolute Gasteiger partial charge is 0.240 e. The lowest BCUT2D eigenvalue weighted by Crippen LogP contribution is -2.40. The van der Waals surface area contributed by atoms with Gasteiger partial charge in [-0.3, -0.25) is 4.79 Å². The number of aliphatic imine (C=N–C) groups is 1. The average Bonchev–Trinajstić information content (AvgIpc) is 3.89. The lowest BCUT2D eigenvalue weighted by atomic mass is 9.93. The zero-order chi connectivity index (χ0) is 49.1. The number of nitrogen functional groups attached to an aromatic ring is 1. The van der Waals surface area contributed by atoms with E-state index in [1.165, 1.54) is 68.9 Å². The van der Waals surface area contributed by atoms with E-state index in [-0.39, 0.29) is 41.9 Å². The highest BCUT2D eigenvalue weighted by Crippen LogP contribution is 2.36. The minimum Gasteiger partial charge on any atom is -0.397 e. The highest BCUT2D eigenvalue weighted by molar-refractivity contribution is 9.10. The van der Waals surface area contributed by atoms with Gasteiger partial charge in [0.15, 0.2) is 0 Å². The first kappa shape index (κ1) is 45.5. The first-order valence-electron chi connectivity index (χ1n) is 24.2. The van der Waals surface area contributed by atoms with Crippen LogP contribution < -0.4 is 20.9 Å². The van der Waals surface area contributed by atoms with Crippen molar-refractivity contribution in [2.75, 3.05) is 47.1 Å². The van der Waals surface area contributed by atoms with Gasteiger partial charge in [-0.2, -0.15) is 4.99 Å². The van der Waals surface area contributed by atoms with Crippen LogP contribution in [0.15, 0.2) is 98.9 Å². The summed E-state index contributed by atoms with van der Waals surface area (Å²) in [5.74, 6) is -1.58. The summed E-state index contributed by atoms with van der Waals surface area (Å²) in [7, 11) is 0. The number of amides is 1. The maximum absolute atomic E-state index is 14.0. The molecule has 3 fully saturated rings. The Bertz CT molecular complexity index is 2210. The van der Waals surface area contributed by atoms with E-state index in [9.17, 15) is 18.4 Å². The summed E-state index contributed by atoms with van der Waals surface area (Å²) >= 11 is 6.89. The molecule has 1 heterocycles. The molecule has 0 bridgehead atoms. The Morgan fingerprint density at radius 3 is 1.76 bits per heavy atom. The first-order chi connectivity index (χ1) is 31.9. The van der Waals surface area contributed by atoms with E-state index >= 15 is 0 Å². The third-order valence-corrected chi connectivity index (χ3v) is 11.6. The molecule has 0 radical (unpaired) electrons. The lowest BCUT2D eigenvalue weighted by Gasteiger charge is -2.38. The normalized spacial score (nSPS) is 16.5. The fraction of sp³-hybridized carbons (Fsp3) is 0.490. The molecule has 0 atom stereocenters. The number of rotatable bonds is 12. The van der Waals surface area contributed by atoms with E-state index in [4.69, 9.17) is 16.0 Å². The molecule has 8 nitrogen and oxygen atoms in total. The Morgan fingerprint density at radius 1 is 0.762 bits per heavy atom. The molecule has 3 aliphatic rings. The molecule has 1 saturated heterocycles. The largest absolute Gasteiger partial charge is 0.397 e. The maximum Gasteiger partial charge on any atom is 0.240 e. The fourth-order valence-corrected chi connectivity index (χ4v) is 8.39. The quantitative estimate of drug-likeness (QED) is 0.0833. The summed E-state index contributed by atoms with van der Waals surface area (Å²) in [6.45, 7) is 6.65. The van der Waals surface area contributed by atoms with Crippen molar-refractivity contribution in [3.05, 3.63) is 111 Å². The number of isocyanates is 1. The number of hydrogen-bond acceptors (Lipinski definition) is 7. The van der Waals surface area contributed by atoms with E-state index in [1.807, 2.05) is 67.8 Å². The lowest BCUT2D eigenvalue weighted by molar-refractivity contribution is -0.115. The SMILES string of the molecule is C1CCOC1.O=C=Nc1ccccc1F.[2H]C([2H])(C(C)C)N(c1ccc(Br)cc1N)C1CCCCC1.[2H]C([2H])(C(C)C)N(c1ccc(Br)cc1NC(=O)Cc1ccccc1F)C1CCCCC1. The van der Waals surface area contributed by atoms with Crippen LogP contribution >= 0.6 is 31.9 Å². The Labute approximate surface area is 397 Å². The Balaban J connectivity index is 0.000000231. The molecule has 0 aromatic heterocycles. The Kier molecular flexibility index (Phi) is 20.2. The second-order valence-corrected chi connectivity index (χ2v) is 18.4. The Morgan fingerprint density at radius 2 is 1.27 bits per heavy atom. The van der Waals surface area contributed by atoms with Crippen LogP contribution in [0.5, 0.6) is 0 Å². The van der Waals surface area contributed by atoms with Crippen LogP contribution in [0.4, 0.5) is 37.2 Å². The van der Waals surface area contributed by atoms with Gasteiger partial charge in [0.2, 0.25) is 12.0 Å². The van der Waals surface area contributed by atoms with Crippen molar-refractivity contribution in [2.45, 2.75) is 123 Å². The van der Waals surface area contributed by atoms with E-state index in [1.54, 1.807) is 30.3 Å². The van der Waals surface area contributed by atoms with Gasteiger partial charge in [0, 0.05) is 52.7 Å². The zero-order valence-electron chi connectivity index (χ0n) is 41.2. The minimum absolute atomic E-state index is 0.0255. The third kappa shape index (κ3) is 18.1. The van der Waals surface area contributed by atoms with Gasteiger partial charge < -0.3 is 25.6 Å². The number of para-hydroxylation sites is 1. The summed E-state index contributed by atoms with van der Waals surface area (Å²) in [4.78, 5) is 29.4. The molecule has 2 aliphatic carbocycles. The second kappa shape index (κ2) is 28.0. The summed E-state index contributed by atoms with van der Waals surface area (Å²) in [6.07, 6.45) is 14.6. The van der Waals surface area contributed by atoms with Crippen LogP contribution in [0, 0.1) is 23.5 Å². The number of ether oxygens (including phenoxy) is 1. The molecule has 4 aromatic rings. The number of carbonyl (C=O) groups is 1. The molecule has 0 unspecified atom stereocenters. The molecule has 3 N–H and O–H groups in total. The van der Waals surface area contributed by atoms with Crippen molar-refractivity contribution in [3.63, 3.8) is 0 Å². The number of anilines is 4. The predicted octanol–water partition coefficient (Wildman–Crippen LogP) is 14.0. The number of hydrogen-bond donors (Lipinski definition) is 2. The van der Waals surface area contributed by atoms with Crippen molar-refractivity contribution in [1.82, 2.24) is 0 Å². The molecule has 12 heteroatoms. The number of benzene rings is 4. The molecule has 7 rings (SSSR count). The summed E-state index contributed by atoms with van der Waals surface area (Å²) in [5.41, 5.74) is 9.20. The van der Waals surface area contributed by atoms with Gasteiger partial charge in [0.1, 0.15) is 17.3 Å². The molecule has 63 heavy (non-hydrogen) atoms. The monoisotopic (exact) mass is 997 g/mol. The van der Waals surface area contributed by atoms with E-state index in [0.717, 1.165) is 66.4 Å². The van der Waals surface area contributed by atoms with Crippen molar-refractivity contribution in [3.8, 4) is 0 Å². The number of nitrogens with one attached hydrogen (secondary N) is 1. The molecule has 342 valence electrons. The number of nitrogens with two attached hydrogens (primary N) is 1. The maximum atomic E-state index is 14.0. The second-order valence-electron chi connectivity index (χ2n) is 16.5. The van der Waals surface area contributed by atoms with Crippen LogP contribution in [0.25, 0.3) is 0 Å². The van der Waals surface area contributed by atoms with Crippen LogP contribution in [-0.2, 0) is 20.7 Å². The van der Waals surface area contributed by atoms with Crippen LogP contribution in [-0.4, -0.2) is 50.3 Å². The molecular weight excluding hydrogens is 928 g/mol. The molecular formula is C51H67Br2F2N5O3. The van der Waals surface area contributed by atoms with Gasteiger partial charge in [-0.1, -0.05) is 128 Å². The van der Waals surface area contributed by atoms with Crippen molar-refractivity contribution < 1.29 is 28.6 Å². The predicted molar refractivity (Wildman–Crippen MR) is 264 cm³/mol. The number of nitrogens with zero attached hydrogens (tertiary/aromatic N) is 3. The topological polar surface area (TPSA) is 100 Å². The van der Waals surface area contributed by atoms with Crippen molar-refractivity contribution in [1.29, 1.82) is 0 Å². The van der Waals surface area contributed by atoms with Crippen LogP contribution in [0.2, 0.25) is 0 Å². The first-order valence-corrected chi connectivity index (χ1v) is 23.8. The fourth-order valence-electron chi connectivity index (χ4n) is 7.65. The standard InChI is InChI=1S/C24H30BrFN2O.C16H25BrN2.C7H4FNO.C4H8O/c1-17(2)16-28(20-9-4-3-5-10-20)23-13-12-19(25)15-22(23)27-24(29)14-18-8-6-7-11-21(18)26;1-12(2)11-19(14-6-4-3-5-7-14)16-9-8-13(17)10-15(16)18;8-6-3-1-2-4-7(6)9-5-10;1-2-4-5-3-1/h6-8,11-13,15,17,20H,3-5,9-10,14,16H2,1-2H3,(H,27,29);8-10,12,14H,3-7,11,18H2,1-2H3;1-4H;1-4H2/i16D2;11D2;;. The Hall–Kier alpha value is -4.09. The molecule has 1 aliphatic heterocycles. The molecule has 2 saturated carbocycles. The van der Waals surface area contributed by atoms with Gasteiger partial charge >= 0.3 is 0 Å². The van der Waals surface area contributed by atoms with Gasteiger partial charge in [0.05, 0.1) is 29.2 Å². The summed E-state index contributed by atoms with van der Waals surface area (Å²) in [5, 5.41) is 2.91. The van der Waals surface area contributed by atoms with E-state index in [0.29, 0.717) is 22.6 Å². The highest BCUT2D eigenvalue weighted by Gasteiger charge is 2.26. The molecule has 0 spiro atoms. The third-order valence-electron chi connectivity index (χ3n) is 10.6. The molecule has 4 aromatic carbocycles. The van der Waals surface area contributed by atoms with Gasteiger partial charge in [0.25, 0.3) is 0 Å². The van der Waals surface area contributed by atoms with Crippen LogP contribution in [0.1, 0.15) is 116 Å². The summed E-state index contributed by atoms with van der Waals surface area (Å²) < 4.78 is 68.1. The van der Waals surface area contributed by atoms with Gasteiger partial charge in [-0.15, -0.1) is 0 Å². The van der Waals surface area contributed by atoms with Crippen LogP contribution in [0.3, 0.4) is 0 Å².